The number of aryl methyl sites for hydroxylation is 1. The zero-order valence-corrected chi connectivity index (χ0v) is 16.5. The number of hydrogen-bond donors (Lipinski definition) is 3. The van der Waals surface area contributed by atoms with Crippen LogP contribution in [-0.4, -0.2) is 17.4 Å². The van der Waals surface area contributed by atoms with Gasteiger partial charge in [0, 0.05) is 18.7 Å². The molecule has 0 atom stereocenters. The van der Waals surface area contributed by atoms with Crippen molar-refractivity contribution in [2.45, 2.75) is 57.7 Å². The van der Waals surface area contributed by atoms with Crippen molar-refractivity contribution in [2.75, 3.05) is 0 Å². The van der Waals surface area contributed by atoms with Crippen molar-refractivity contribution in [3.8, 4) is 0 Å². The van der Waals surface area contributed by atoms with Gasteiger partial charge >= 0.3 is 0 Å². The van der Waals surface area contributed by atoms with Crippen molar-refractivity contribution in [2.24, 2.45) is 5.73 Å². The van der Waals surface area contributed by atoms with Crippen LogP contribution >= 0.6 is 0 Å². The van der Waals surface area contributed by atoms with E-state index < -0.39 is 5.54 Å². The molecule has 0 aliphatic heterocycles. The number of benzene rings is 2. The molecular formula is C23H29N3O2. The zero-order valence-electron chi connectivity index (χ0n) is 16.5. The maximum atomic E-state index is 12.5. The molecule has 1 aliphatic rings. The highest BCUT2D eigenvalue weighted by Crippen LogP contribution is 2.26. The third kappa shape index (κ3) is 5.20. The summed E-state index contributed by atoms with van der Waals surface area (Å²) < 4.78 is 0. The van der Waals surface area contributed by atoms with Crippen LogP contribution in [0.3, 0.4) is 0 Å². The van der Waals surface area contributed by atoms with Crippen molar-refractivity contribution < 1.29 is 9.59 Å². The SMILES string of the molecule is Cc1ccc(CNC(=O)c2cccc(CNC(=O)C3(N)CCCCC3)c2)cc1. The minimum absolute atomic E-state index is 0.0959. The molecule has 5 nitrogen and oxygen atoms in total. The predicted octanol–water partition coefficient (Wildman–Crippen LogP) is 3.20. The molecule has 1 saturated carbocycles. The lowest BCUT2D eigenvalue weighted by atomic mass is 9.82. The van der Waals surface area contributed by atoms with E-state index >= 15 is 0 Å². The average Bonchev–Trinajstić information content (AvgIpc) is 2.72. The lowest BCUT2D eigenvalue weighted by Gasteiger charge is -2.31. The van der Waals surface area contributed by atoms with E-state index in [1.54, 1.807) is 6.07 Å². The fraction of sp³-hybridized carbons (Fsp3) is 0.391. The molecule has 0 aromatic heterocycles. The highest BCUT2D eigenvalue weighted by Gasteiger charge is 2.34. The van der Waals surface area contributed by atoms with Crippen LogP contribution in [0.1, 0.15) is 59.2 Å². The molecule has 1 fully saturated rings. The number of amides is 2. The van der Waals surface area contributed by atoms with Crippen molar-refractivity contribution >= 4 is 11.8 Å². The van der Waals surface area contributed by atoms with Crippen LogP contribution in [0.15, 0.2) is 48.5 Å². The molecule has 0 heterocycles. The smallest absolute Gasteiger partial charge is 0.251 e. The van der Waals surface area contributed by atoms with Crippen molar-refractivity contribution in [3.05, 3.63) is 70.8 Å². The van der Waals surface area contributed by atoms with Crippen LogP contribution in [-0.2, 0) is 17.9 Å². The van der Waals surface area contributed by atoms with Crippen LogP contribution in [0.4, 0.5) is 0 Å². The minimum atomic E-state index is -0.749. The van der Waals surface area contributed by atoms with Crippen molar-refractivity contribution in [1.29, 1.82) is 0 Å². The molecule has 0 spiro atoms. The van der Waals surface area contributed by atoms with Gasteiger partial charge in [-0.05, 0) is 43.0 Å². The van der Waals surface area contributed by atoms with Crippen LogP contribution in [0.25, 0.3) is 0 Å². The average molecular weight is 380 g/mol. The lowest BCUT2D eigenvalue weighted by molar-refractivity contribution is -0.127. The molecular weight excluding hydrogens is 350 g/mol. The molecule has 148 valence electrons. The van der Waals surface area contributed by atoms with Gasteiger partial charge in [0.25, 0.3) is 5.91 Å². The number of carbonyl (C=O) groups is 2. The number of nitrogens with two attached hydrogens (primary N) is 1. The first-order valence-corrected chi connectivity index (χ1v) is 9.96. The molecule has 28 heavy (non-hydrogen) atoms. The Hall–Kier alpha value is -2.66. The molecule has 0 radical (unpaired) electrons. The number of carbonyl (C=O) groups excluding carboxylic acids is 2. The van der Waals surface area contributed by atoms with Gasteiger partial charge in [0.2, 0.25) is 5.91 Å². The van der Waals surface area contributed by atoms with Gasteiger partial charge in [0.15, 0.2) is 0 Å². The van der Waals surface area contributed by atoms with Crippen molar-refractivity contribution in [1.82, 2.24) is 10.6 Å². The summed E-state index contributed by atoms with van der Waals surface area (Å²) in [6, 6.07) is 15.4. The molecule has 4 N–H and O–H groups in total. The van der Waals surface area contributed by atoms with E-state index in [0.29, 0.717) is 18.7 Å². The Morgan fingerprint density at radius 3 is 2.32 bits per heavy atom. The molecule has 2 aromatic carbocycles. The molecule has 0 saturated heterocycles. The summed E-state index contributed by atoms with van der Waals surface area (Å²) in [6.07, 6.45) is 4.62. The molecule has 0 bridgehead atoms. The summed E-state index contributed by atoms with van der Waals surface area (Å²) in [5.74, 6) is -0.224. The molecule has 2 aromatic rings. The molecule has 5 heteroatoms. The Kier molecular flexibility index (Phi) is 6.47. The summed E-state index contributed by atoms with van der Waals surface area (Å²) in [5, 5.41) is 5.88. The fourth-order valence-corrected chi connectivity index (χ4v) is 3.58. The fourth-order valence-electron chi connectivity index (χ4n) is 3.58. The minimum Gasteiger partial charge on any atom is -0.350 e. The van der Waals surface area contributed by atoms with E-state index in [1.165, 1.54) is 5.56 Å². The number of hydrogen-bond acceptors (Lipinski definition) is 3. The zero-order chi connectivity index (χ0) is 20.0. The van der Waals surface area contributed by atoms with E-state index in [4.69, 9.17) is 5.73 Å². The summed E-state index contributed by atoms with van der Waals surface area (Å²) in [5.41, 5.74) is 9.24. The van der Waals surface area contributed by atoms with Gasteiger partial charge in [0.1, 0.15) is 0 Å². The van der Waals surface area contributed by atoms with Gasteiger partial charge in [-0.15, -0.1) is 0 Å². The summed E-state index contributed by atoms with van der Waals surface area (Å²) in [4.78, 5) is 24.9. The Bertz CT molecular complexity index is 824. The van der Waals surface area contributed by atoms with Gasteiger partial charge in [-0.25, -0.2) is 0 Å². The van der Waals surface area contributed by atoms with Gasteiger partial charge in [0.05, 0.1) is 5.54 Å². The van der Waals surface area contributed by atoms with Crippen LogP contribution in [0.5, 0.6) is 0 Å². The van der Waals surface area contributed by atoms with Crippen LogP contribution < -0.4 is 16.4 Å². The Balaban J connectivity index is 1.54. The first-order valence-electron chi connectivity index (χ1n) is 9.96. The topological polar surface area (TPSA) is 84.2 Å². The lowest BCUT2D eigenvalue weighted by Crippen LogP contribution is -2.54. The quantitative estimate of drug-likeness (QED) is 0.721. The molecule has 3 rings (SSSR count). The standard InChI is InChI=1S/C23H29N3O2/c1-17-8-10-18(11-9-17)15-25-21(27)20-7-5-6-19(14-20)16-26-22(28)23(24)12-3-2-4-13-23/h5-11,14H,2-4,12-13,15-16,24H2,1H3,(H,25,27)(H,26,28). The first-order chi connectivity index (χ1) is 13.5. The maximum Gasteiger partial charge on any atom is 0.251 e. The summed E-state index contributed by atoms with van der Waals surface area (Å²) in [6.45, 7) is 2.89. The van der Waals surface area contributed by atoms with E-state index in [2.05, 4.69) is 10.6 Å². The second-order valence-electron chi connectivity index (χ2n) is 7.77. The van der Waals surface area contributed by atoms with Crippen LogP contribution in [0.2, 0.25) is 0 Å². The van der Waals surface area contributed by atoms with Gasteiger partial charge in [-0.2, -0.15) is 0 Å². The summed E-state index contributed by atoms with van der Waals surface area (Å²) in [7, 11) is 0. The number of nitrogens with one attached hydrogen (secondary N) is 2. The second kappa shape index (κ2) is 9.02. The molecule has 1 aliphatic carbocycles. The largest absolute Gasteiger partial charge is 0.350 e. The van der Waals surface area contributed by atoms with Crippen molar-refractivity contribution in [3.63, 3.8) is 0 Å². The van der Waals surface area contributed by atoms with Gasteiger partial charge < -0.3 is 16.4 Å². The first kappa shape index (κ1) is 20.1. The monoisotopic (exact) mass is 379 g/mol. The highest BCUT2D eigenvalue weighted by atomic mass is 16.2. The highest BCUT2D eigenvalue weighted by molar-refractivity contribution is 5.94. The van der Waals surface area contributed by atoms with E-state index in [0.717, 1.165) is 43.2 Å². The third-order valence-corrected chi connectivity index (χ3v) is 5.41. The van der Waals surface area contributed by atoms with E-state index in [9.17, 15) is 9.59 Å². The predicted molar refractivity (Wildman–Crippen MR) is 111 cm³/mol. The normalized spacial score (nSPS) is 15.6. The second-order valence-corrected chi connectivity index (χ2v) is 7.77. The Morgan fingerprint density at radius 1 is 0.929 bits per heavy atom. The number of rotatable bonds is 6. The maximum absolute atomic E-state index is 12.5. The van der Waals surface area contributed by atoms with E-state index in [1.807, 2.05) is 49.4 Å². The van der Waals surface area contributed by atoms with Gasteiger partial charge in [-0.1, -0.05) is 61.2 Å². The Morgan fingerprint density at radius 2 is 1.61 bits per heavy atom. The molecule has 2 amide bonds. The third-order valence-electron chi connectivity index (χ3n) is 5.41. The van der Waals surface area contributed by atoms with Crippen LogP contribution in [0, 0.1) is 6.92 Å². The molecule has 0 unspecified atom stereocenters. The van der Waals surface area contributed by atoms with Gasteiger partial charge in [-0.3, -0.25) is 9.59 Å². The van der Waals surface area contributed by atoms with E-state index in [-0.39, 0.29) is 11.8 Å². The Labute approximate surface area is 166 Å². The summed E-state index contributed by atoms with van der Waals surface area (Å²) >= 11 is 0.